The fourth-order valence-corrected chi connectivity index (χ4v) is 4.27. The van der Waals surface area contributed by atoms with Gasteiger partial charge in [0.15, 0.2) is 11.6 Å². The van der Waals surface area contributed by atoms with Gasteiger partial charge in [-0.2, -0.15) is 5.26 Å². The zero-order chi connectivity index (χ0) is 24.5. The maximum atomic E-state index is 14.6. The summed E-state index contributed by atoms with van der Waals surface area (Å²) in [4.78, 5) is 9.15. The largest absolute Gasteiger partial charge is 0.505 e. The zero-order valence-corrected chi connectivity index (χ0v) is 18.4. The summed E-state index contributed by atoms with van der Waals surface area (Å²) in [7, 11) is 0. The molecule has 1 aliphatic rings. The van der Waals surface area contributed by atoms with Crippen molar-refractivity contribution in [2.75, 3.05) is 25.0 Å². The molecule has 35 heavy (non-hydrogen) atoms. The summed E-state index contributed by atoms with van der Waals surface area (Å²) < 4.78 is 43.6. The number of hydrogen-bond donors (Lipinski definition) is 3. The van der Waals surface area contributed by atoms with Crippen molar-refractivity contribution in [2.45, 2.75) is 6.42 Å². The molecule has 9 heteroatoms. The van der Waals surface area contributed by atoms with Gasteiger partial charge in [-0.3, -0.25) is 0 Å². The molecule has 6 nitrogen and oxygen atoms in total. The molecule has 1 saturated heterocycles. The summed E-state index contributed by atoms with van der Waals surface area (Å²) in [6.45, 7) is 2.49. The molecule has 0 bridgehead atoms. The van der Waals surface area contributed by atoms with Crippen LogP contribution >= 0.6 is 0 Å². The summed E-state index contributed by atoms with van der Waals surface area (Å²) in [5.41, 5.74) is 0.877. The summed E-state index contributed by atoms with van der Waals surface area (Å²) in [6, 6.07) is 12.4. The second-order valence-electron chi connectivity index (χ2n) is 8.43. The van der Waals surface area contributed by atoms with E-state index in [1.54, 1.807) is 18.2 Å². The second-order valence-corrected chi connectivity index (χ2v) is 8.43. The van der Waals surface area contributed by atoms with Gasteiger partial charge < -0.3 is 15.7 Å². The molecule has 0 aliphatic carbocycles. The third-order valence-corrected chi connectivity index (χ3v) is 6.13. The third-order valence-electron chi connectivity index (χ3n) is 6.13. The Balaban J connectivity index is 1.66. The van der Waals surface area contributed by atoms with Crippen molar-refractivity contribution in [1.82, 2.24) is 15.3 Å². The number of nitriles is 1. The van der Waals surface area contributed by atoms with Gasteiger partial charge in [0, 0.05) is 17.5 Å². The average molecular weight is 475 g/mol. The summed E-state index contributed by atoms with van der Waals surface area (Å²) in [5, 5.41) is 25.8. The molecule has 1 aromatic heterocycles. The standard InChI is InChI=1S/C26H20F3N5O/c27-19-4-6-22(35)24(29)23(19)15-3-5-21-18(9-15)25(16-1-2-17(11-30)20(28)10-16)34-26(33-21)32-13-14-7-8-31-12-14/h1-6,9-10,14,31,35H,7-8,12-13H2,(H,32,33,34)/t14-/m0/s1. The molecule has 176 valence electrons. The first-order chi connectivity index (χ1) is 16.9. The zero-order valence-electron chi connectivity index (χ0n) is 18.4. The molecule has 1 fully saturated rings. The van der Waals surface area contributed by atoms with E-state index in [0.717, 1.165) is 31.6 Å². The number of hydrogen-bond acceptors (Lipinski definition) is 6. The average Bonchev–Trinajstić information content (AvgIpc) is 3.38. The number of rotatable bonds is 5. The minimum Gasteiger partial charge on any atom is -0.505 e. The van der Waals surface area contributed by atoms with E-state index in [2.05, 4.69) is 20.6 Å². The Morgan fingerprint density at radius 2 is 1.86 bits per heavy atom. The number of phenols is 1. The van der Waals surface area contributed by atoms with Gasteiger partial charge in [-0.25, -0.2) is 23.1 Å². The number of aromatic hydroxyl groups is 1. The molecular weight excluding hydrogens is 455 g/mol. The van der Waals surface area contributed by atoms with Crippen LogP contribution in [0.2, 0.25) is 0 Å². The molecule has 0 amide bonds. The number of fused-ring (bicyclic) bond motifs is 1. The van der Waals surface area contributed by atoms with Crippen LogP contribution in [0.25, 0.3) is 33.3 Å². The van der Waals surface area contributed by atoms with E-state index in [0.29, 0.717) is 40.6 Å². The van der Waals surface area contributed by atoms with Crippen LogP contribution in [0.1, 0.15) is 12.0 Å². The van der Waals surface area contributed by atoms with Gasteiger partial charge in [0.2, 0.25) is 5.95 Å². The number of halogens is 3. The fourth-order valence-electron chi connectivity index (χ4n) is 4.27. The maximum absolute atomic E-state index is 14.6. The predicted octanol–water partition coefficient (Wildman–Crippen LogP) is 4.98. The first-order valence-corrected chi connectivity index (χ1v) is 11.1. The van der Waals surface area contributed by atoms with Crippen LogP contribution < -0.4 is 10.6 Å². The van der Waals surface area contributed by atoms with Gasteiger partial charge in [0.25, 0.3) is 0 Å². The lowest BCUT2D eigenvalue weighted by molar-refractivity contribution is 0.429. The number of nitrogens with zero attached hydrogens (tertiary/aromatic N) is 3. The molecule has 1 atom stereocenters. The lowest BCUT2D eigenvalue weighted by Crippen LogP contribution is -2.18. The van der Waals surface area contributed by atoms with Crippen molar-refractivity contribution in [3.63, 3.8) is 0 Å². The topological polar surface area (TPSA) is 93.9 Å². The fraction of sp³-hybridized carbons (Fsp3) is 0.192. The van der Waals surface area contributed by atoms with Gasteiger partial charge in [0.05, 0.1) is 22.3 Å². The monoisotopic (exact) mass is 475 g/mol. The molecule has 5 rings (SSSR count). The van der Waals surface area contributed by atoms with Crippen molar-refractivity contribution >= 4 is 16.9 Å². The van der Waals surface area contributed by atoms with Crippen LogP contribution in [-0.4, -0.2) is 34.7 Å². The predicted molar refractivity (Wildman–Crippen MR) is 126 cm³/mol. The first kappa shape index (κ1) is 22.6. The summed E-state index contributed by atoms with van der Waals surface area (Å²) >= 11 is 0. The lowest BCUT2D eigenvalue weighted by Gasteiger charge is -2.14. The highest BCUT2D eigenvalue weighted by molar-refractivity contribution is 5.96. The minimum absolute atomic E-state index is 0.108. The molecule has 3 N–H and O–H groups in total. The van der Waals surface area contributed by atoms with E-state index in [9.17, 15) is 18.3 Å². The number of nitrogens with one attached hydrogen (secondary N) is 2. The van der Waals surface area contributed by atoms with E-state index in [4.69, 9.17) is 5.26 Å². The van der Waals surface area contributed by atoms with E-state index < -0.39 is 23.2 Å². The van der Waals surface area contributed by atoms with Crippen LogP contribution in [0.3, 0.4) is 0 Å². The molecule has 0 unspecified atom stereocenters. The van der Waals surface area contributed by atoms with Crippen LogP contribution in [0.5, 0.6) is 5.75 Å². The SMILES string of the molecule is N#Cc1ccc(-c2nc(NC[C@H]3CCNC3)nc3ccc(-c4c(F)ccc(O)c4F)cc23)cc1F. The Hall–Kier alpha value is -4.16. The Labute approximate surface area is 199 Å². The molecular formula is C26H20F3N5O. The van der Waals surface area contributed by atoms with Crippen LogP contribution in [0, 0.1) is 34.7 Å². The van der Waals surface area contributed by atoms with Crippen molar-refractivity contribution in [3.8, 4) is 34.2 Å². The van der Waals surface area contributed by atoms with E-state index >= 15 is 0 Å². The molecule has 0 spiro atoms. The normalized spacial score (nSPS) is 15.3. The van der Waals surface area contributed by atoms with E-state index in [1.165, 1.54) is 24.3 Å². The number of phenolic OH excluding ortho intramolecular Hbond substituents is 1. The maximum Gasteiger partial charge on any atom is 0.223 e. The van der Waals surface area contributed by atoms with Crippen LogP contribution in [0.4, 0.5) is 19.1 Å². The molecule has 1 aliphatic heterocycles. The van der Waals surface area contributed by atoms with Gasteiger partial charge in [0.1, 0.15) is 17.7 Å². The van der Waals surface area contributed by atoms with Gasteiger partial charge >= 0.3 is 0 Å². The number of aromatic nitrogens is 2. The summed E-state index contributed by atoms with van der Waals surface area (Å²) in [6.07, 6.45) is 1.03. The van der Waals surface area contributed by atoms with Crippen molar-refractivity contribution in [3.05, 3.63) is 71.5 Å². The van der Waals surface area contributed by atoms with Crippen LogP contribution in [0.15, 0.2) is 48.5 Å². The molecule has 0 radical (unpaired) electrons. The van der Waals surface area contributed by atoms with Gasteiger partial charge in [-0.1, -0.05) is 12.1 Å². The third kappa shape index (κ3) is 4.36. The van der Waals surface area contributed by atoms with Crippen molar-refractivity contribution in [1.29, 1.82) is 5.26 Å². The second kappa shape index (κ2) is 9.24. The highest BCUT2D eigenvalue weighted by Crippen LogP contribution is 2.36. The van der Waals surface area contributed by atoms with Gasteiger partial charge in [-0.15, -0.1) is 0 Å². The van der Waals surface area contributed by atoms with Crippen molar-refractivity contribution in [2.24, 2.45) is 5.92 Å². The first-order valence-electron chi connectivity index (χ1n) is 11.1. The van der Waals surface area contributed by atoms with Crippen molar-refractivity contribution < 1.29 is 18.3 Å². The molecule has 4 aromatic rings. The Kier molecular flexibility index (Phi) is 5.97. The van der Waals surface area contributed by atoms with E-state index in [-0.39, 0.29) is 16.7 Å². The van der Waals surface area contributed by atoms with E-state index in [1.807, 2.05) is 0 Å². The Morgan fingerprint density at radius 3 is 2.60 bits per heavy atom. The Bertz CT molecular complexity index is 1480. The molecule has 2 heterocycles. The highest BCUT2D eigenvalue weighted by atomic mass is 19.1. The highest BCUT2D eigenvalue weighted by Gasteiger charge is 2.19. The smallest absolute Gasteiger partial charge is 0.223 e. The molecule has 3 aromatic carbocycles. The lowest BCUT2D eigenvalue weighted by atomic mass is 9.98. The Morgan fingerprint density at radius 1 is 1.03 bits per heavy atom. The van der Waals surface area contributed by atoms with Gasteiger partial charge in [-0.05, 0) is 67.4 Å². The van der Waals surface area contributed by atoms with Crippen LogP contribution in [-0.2, 0) is 0 Å². The minimum atomic E-state index is -1.08. The molecule has 0 saturated carbocycles. The summed E-state index contributed by atoms with van der Waals surface area (Å²) in [5.74, 6) is -2.54. The quantitative estimate of drug-likeness (QED) is 0.377. The number of anilines is 1. The number of benzene rings is 3.